The van der Waals surface area contributed by atoms with E-state index in [1.807, 2.05) is 47.7 Å². The van der Waals surface area contributed by atoms with Gasteiger partial charge in [-0.2, -0.15) is 0 Å². The number of para-hydroxylation sites is 1. The van der Waals surface area contributed by atoms with Crippen LogP contribution in [0.4, 0.5) is 0 Å². The number of hydrogen-bond donors (Lipinski definition) is 0. The van der Waals surface area contributed by atoms with Crippen LogP contribution in [0.25, 0.3) is 87.1 Å². The molecule has 0 spiro atoms. The molecule has 0 atom stereocenters. The van der Waals surface area contributed by atoms with Crippen molar-refractivity contribution in [1.29, 1.82) is 0 Å². The Hall–Kier alpha value is -5.58. The maximum Gasteiger partial charge on any atom is 0.164 e. The van der Waals surface area contributed by atoms with E-state index < -0.39 is 0 Å². The highest BCUT2D eigenvalue weighted by atomic mass is 32.1. The van der Waals surface area contributed by atoms with Gasteiger partial charge >= 0.3 is 0 Å². The minimum Gasteiger partial charge on any atom is -0.455 e. The molecule has 0 N–H and O–H groups in total. The van der Waals surface area contributed by atoms with Gasteiger partial charge in [0.05, 0.1) is 17.0 Å². The molecule has 4 heteroatoms. The summed E-state index contributed by atoms with van der Waals surface area (Å²) >= 11 is 1.85. The maximum atomic E-state index is 6.58. The predicted molar refractivity (Wildman–Crippen MR) is 184 cm³/mol. The number of rotatable bonds is 4. The van der Waals surface area contributed by atoms with Crippen LogP contribution in [0.2, 0.25) is 0 Å². The number of hydrogen-bond acceptors (Lipinski definition) is 4. The molecule has 0 fully saturated rings. The molecule has 0 aliphatic heterocycles. The van der Waals surface area contributed by atoms with Crippen LogP contribution in [0, 0.1) is 0 Å². The zero-order chi connectivity index (χ0) is 29.0. The Morgan fingerprint density at radius 3 is 1.84 bits per heavy atom. The van der Waals surface area contributed by atoms with E-state index in [0.717, 1.165) is 50.0 Å². The van der Waals surface area contributed by atoms with Crippen LogP contribution in [0.1, 0.15) is 0 Å². The molecule has 44 heavy (non-hydrogen) atoms. The molecule has 0 unspecified atom stereocenters. The molecule has 0 aliphatic carbocycles. The molecule has 0 saturated heterocycles. The summed E-state index contributed by atoms with van der Waals surface area (Å²) in [6.45, 7) is 0. The quantitative estimate of drug-likeness (QED) is 0.208. The second-order valence-electron chi connectivity index (χ2n) is 11.0. The lowest BCUT2D eigenvalue weighted by molar-refractivity contribution is 0.669. The number of nitrogens with zero attached hydrogens (tertiary/aromatic N) is 2. The van der Waals surface area contributed by atoms with Crippen LogP contribution in [0.3, 0.4) is 0 Å². The lowest BCUT2D eigenvalue weighted by atomic mass is 10.00. The minimum absolute atomic E-state index is 0.644. The Morgan fingerprint density at radius 1 is 0.455 bits per heavy atom. The van der Waals surface area contributed by atoms with Gasteiger partial charge in [-0.05, 0) is 41.5 Å². The summed E-state index contributed by atoms with van der Waals surface area (Å²) in [5.41, 5.74) is 8.78. The molecule has 0 saturated carbocycles. The summed E-state index contributed by atoms with van der Waals surface area (Å²) in [5, 5.41) is 4.74. The van der Waals surface area contributed by atoms with Crippen LogP contribution < -0.4 is 0 Å². The van der Waals surface area contributed by atoms with Crippen LogP contribution in [0.5, 0.6) is 0 Å². The van der Waals surface area contributed by atoms with Crippen molar-refractivity contribution < 1.29 is 4.42 Å². The molecule has 0 radical (unpaired) electrons. The van der Waals surface area contributed by atoms with Gasteiger partial charge in [-0.1, -0.05) is 115 Å². The molecular weight excluding hydrogens is 557 g/mol. The molecule has 206 valence electrons. The normalized spacial score (nSPS) is 11.6. The second-order valence-corrected chi connectivity index (χ2v) is 12.0. The minimum atomic E-state index is 0.644. The van der Waals surface area contributed by atoms with E-state index in [1.165, 1.54) is 31.3 Å². The highest BCUT2D eigenvalue weighted by molar-refractivity contribution is 7.26. The molecular formula is C40H24N2OS. The van der Waals surface area contributed by atoms with E-state index in [2.05, 4.69) is 109 Å². The van der Waals surface area contributed by atoms with Gasteiger partial charge in [0.15, 0.2) is 5.82 Å². The predicted octanol–water partition coefficient (Wildman–Crippen LogP) is 11.4. The van der Waals surface area contributed by atoms with Gasteiger partial charge in [0, 0.05) is 42.1 Å². The first-order chi connectivity index (χ1) is 21.8. The summed E-state index contributed by atoms with van der Waals surface area (Å²) in [7, 11) is 0. The van der Waals surface area contributed by atoms with Crippen molar-refractivity contribution in [3.8, 4) is 45.0 Å². The Balaban J connectivity index is 1.24. The van der Waals surface area contributed by atoms with Crippen molar-refractivity contribution in [1.82, 2.24) is 9.97 Å². The van der Waals surface area contributed by atoms with E-state index in [9.17, 15) is 0 Å². The molecule has 0 amide bonds. The summed E-state index contributed by atoms with van der Waals surface area (Å²) in [5.74, 6) is 0.644. The second kappa shape index (κ2) is 10.0. The summed E-state index contributed by atoms with van der Waals surface area (Å²) < 4.78 is 9.19. The number of aromatic nitrogens is 2. The third-order valence-electron chi connectivity index (χ3n) is 8.32. The van der Waals surface area contributed by atoms with Crippen molar-refractivity contribution in [2.24, 2.45) is 0 Å². The van der Waals surface area contributed by atoms with Crippen LogP contribution >= 0.6 is 11.3 Å². The standard InChI is InChI=1S/C40H24N2OS/c1-3-11-25(12-4-1)34-24-35(26-13-5-2-6-14-26)42-40(41-34)32-19-10-17-30-33-23-27(21-22-36(33)43-38(30)32)28-16-9-18-31-29-15-7-8-20-37(29)44-39(28)31/h1-24H. The highest BCUT2D eigenvalue weighted by Crippen LogP contribution is 2.42. The zero-order valence-electron chi connectivity index (χ0n) is 23.6. The third kappa shape index (κ3) is 4.03. The van der Waals surface area contributed by atoms with E-state index >= 15 is 0 Å². The van der Waals surface area contributed by atoms with Crippen molar-refractivity contribution in [2.75, 3.05) is 0 Å². The molecule has 3 aromatic heterocycles. The first kappa shape index (κ1) is 25.0. The Bertz CT molecular complexity index is 2440. The monoisotopic (exact) mass is 580 g/mol. The number of thiophene rings is 1. The van der Waals surface area contributed by atoms with Gasteiger partial charge in [-0.3, -0.25) is 0 Å². The van der Waals surface area contributed by atoms with Gasteiger partial charge < -0.3 is 4.42 Å². The fourth-order valence-corrected chi connectivity index (χ4v) is 7.44. The van der Waals surface area contributed by atoms with Gasteiger partial charge in [0.2, 0.25) is 0 Å². The average Bonchev–Trinajstić information content (AvgIpc) is 3.67. The molecule has 6 aromatic carbocycles. The average molecular weight is 581 g/mol. The fraction of sp³-hybridized carbons (Fsp3) is 0. The third-order valence-corrected chi connectivity index (χ3v) is 9.54. The Labute approximate surface area is 257 Å². The number of furan rings is 1. The highest BCUT2D eigenvalue weighted by Gasteiger charge is 2.18. The summed E-state index contributed by atoms with van der Waals surface area (Å²) in [6.07, 6.45) is 0. The van der Waals surface area contributed by atoms with Gasteiger partial charge in [0.25, 0.3) is 0 Å². The van der Waals surface area contributed by atoms with Crippen molar-refractivity contribution in [3.05, 3.63) is 146 Å². The van der Waals surface area contributed by atoms with E-state index in [-0.39, 0.29) is 0 Å². The maximum absolute atomic E-state index is 6.58. The first-order valence-electron chi connectivity index (χ1n) is 14.7. The molecule has 0 bridgehead atoms. The number of benzene rings is 6. The van der Waals surface area contributed by atoms with E-state index in [1.54, 1.807) is 0 Å². The molecule has 9 rings (SSSR count). The van der Waals surface area contributed by atoms with Gasteiger partial charge in [0.1, 0.15) is 11.2 Å². The Morgan fingerprint density at radius 2 is 1.09 bits per heavy atom. The van der Waals surface area contributed by atoms with E-state index in [4.69, 9.17) is 14.4 Å². The smallest absolute Gasteiger partial charge is 0.164 e. The van der Waals surface area contributed by atoms with Gasteiger partial charge in [-0.15, -0.1) is 11.3 Å². The summed E-state index contributed by atoms with van der Waals surface area (Å²) in [6, 6.07) is 50.6. The van der Waals surface area contributed by atoms with Crippen LogP contribution in [-0.4, -0.2) is 9.97 Å². The van der Waals surface area contributed by atoms with Crippen LogP contribution in [0.15, 0.2) is 150 Å². The summed E-state index contributed by atoms with van der Waals surface area (Å²) in [4.78, 5) is 10.1. The molecule has 3 heterocycles. The lowest BCUT2D eigenvalue weighted by Gasteiger charge is -2.09. The van der Waals surface area contributed by atoms with Crippen molar-refractivity contribution in [3.63, 3.8) is 0 Å². The van der Waals surface area contributed by atoms with Crippen molar-refractivity contribution >= 4 is 53.4 Å². The molecule has 9 aromatic rings. The SMILES string of the molecule is c1ccc(-c2cc(-c3ccccc3)nc(-c3cccc4c3oc3ccc(-c5cccc6c5sc5ccccc56)cc34)n2)cc1. The van der Waals surface area contributed by atoms with Crippen LogP contribution in [-0.2, 0) is 0 Å². The zero-order valence-corrected chi connectivity index (χ0v) is 24.4. The van der Waals surface area contributed by atoms with Crippen molar-refractivity contribution in [2.45, 2.75) is 0 Å². The Kier molecular flexibility index (Phi) is 5.68. The fourth-order valence-electron chi connectivity index (χ4n) is 6.20. The largest absolute Gasteiger partial charge is 0.455 e. The van der Waals surface area contributed by atoms with Gasteiger partial charge in [-0.25, -0.2) is 9.97 Å². The van der Waals surface area contributed by atoms with E-state index in [0.29, 0.717) is 5.82 Å². The first-order valence-corrected chi connectivity index (χ1v) is 15.5. The molecule has 0 aliphatic rings. The number of fused-ring (bicyclic) bond motifs is 6. The lowest BCUT2D eigenvalue weighted by Crippen LogP contribution is -1.96. The topological polar surface area (TPSA) is 38.9 Å². The molecule has 3 nitrogen and oxygen atoms in total.